The maximum atomic E-state index is 12.8. The van der Waals surface area contributed by atoms with E-state index in [4.69, 9.17) is 16.7 Å². The summed E-state index contributed by atoms with van der Waals surface area (Å²) in [4.78, 5) is 15.9. The summed E-state index contributed by atoms with van der Waals surface area (Å²) in [6.45, 7) is 7.02. The molecule has 6 heteroatoms. The van der Waals surface area contributed by atoms with E-state index in [-0.39, 0.29) is 11.0 Å². The van der Waals surface area contributed by atoms with Crippen molar-refractivity contribution in [3.8, 4) is 5.69 Å². The molecule has 0 atom stereocenters. The molecule has 5 nitrogen and oxygen atoms in total. The lowest BCUT2D eigenvalue weighted by Crippen LogP contribution is -2.32. The minimum absolute atomic E-state index is 0.0589. The maximum Gasteiger partial charge on any atom is 0.254 e. The van der Waals surface area contributed by atoms with Crippen LogP contribution in [0.4, 0.5) is 0 Å². The molecule has 0 saturated heterocycles. The Kier molecular flexibility index (Phi) is 5.54. The van der Waals surface area contributed by atoms with Crippen LogP contribution in [0.15, 0.2) is 35.1 Å². The molecule has 4 rings (SSSR count). The van der Waals surface area contributed by atoms with Gasteiger partial charge in [0.05, 0.1) is 11.4 Å². The molecule has 154 valence electrons. The molecule has 1 aromatic carbocycles. The molecule has 0 aliphatic heterocycles. The van der Waals surface area contributed by atoms with Crippen LogP contribution in [-0.4, -0.2) is 20.8 Å². The normalized spacial score (nSPS) is 15.9. The molecule has 0 bridgehead atoms. The van der Waals surface area contributed by atoms with Gasteiger partial charge in [-0.2, -0.15) is 5.10 Å². The van der Waals surface area contributed by atoms with Crippen LogP contribution in [0, 0.1) is 0 Å². The first kappa shape index (κ1) is 20.2. The van der Waals surface area contributed by atoms with Gasteiger partial charge in [0.2, 0.25) is 0 Å². The van der Waals surface area contributed by atoms with Gasteiger partial charge in [-0.05, 0) is 43.2 Å². The molecule has 2 N–H and O–H groups in total. The summed E-state index contributed by atoms with van der Waals surface area (Å²) in [5.41, 5.74) is 3.13. The predicted molar refractivity (Wildman–Crippen MR) is 119 cm³/mol. The Morgan fingerprint density at radius 3 is 2.52 bits per heavy atom. The molecular formula is C23H29ClN4O. The molecule has 1 fully saturated rings. The summed E-state index contributed by atoms with van der Waals surface area (Å²) < 4.78 is 1.81. The van der Waals surface area contributed by atoms with Gasteiger partial charge in [-0.15, -0.1) is 0 Å². The number of H-pyrrole nitrogens is 1. The summed E-state index contributed by atoms with van der Waals surface area (Å²) >= 11 is 6.05. The number of benzene rings is 1. The van der Waals surface area contributed by atoms with Crippen LogP contribution in [0.2, 0.25) is 5.02 Å². The lowest BCUT2D eigenvalue weighted by atomic mass is 9.90. The van der Waals surface area contributed by atoms with E-state index in [1.54, 1.807) is 0 Å². The first-order valence-corrected chi connectivity index (χ1v) is 10.9. The molecule has 1 saturated carbocycles. The molecular weight excluding hydrogens is 384 g/mol. The van der Waals surface area contributed by atoms with Gasteiger partial charge in [0.25, 0.3) is 5.56 Å². The topological polar surface area (TPSA) is 62.7 Å². The monoisotopic (exact) mass is 412 g/mol. The number of pyridine rings is 1. The highest BCUT2D eigenvalue weighted by atomic mass is 35.5. The van der Waals surface area contributed by atoms with Crippen molar-refractivity contribution < 1.29 is 0 Å². The third-order valence-electron chi connectivity index (χ3n) is 5.73. The quantitative estimate of drug-likeness (QED) is 0.627. The number of hydrogen-bond acceptors (Lipinski definition) is 3. The maximum absolute atomic E-state index is 12.8. The molecule has 3 aromatic rings. The highest BCUT2D eigenvalue weighted by molar-refractivity contribution is 6.30. The Balaban J connectivity index is 1.76. The summed E-state index contributed by atoms with van der Waals surface area (Å²) in [5, 5.41) is 10.1. The largest absolute Gasteiger partial charge is 0.310 e. The highest BCUT2D eigenvalue weighted by Gasteiger charge is 2.24. The van der Waals surface area contributed by atoms with Crippen molar-refractivity contribution in [2.45, 2.75) is 70.9 Å². The van der Waals surface area contributed by atoms with Gasteiger partial charge in [0.15, 0.2) is 0 Å². The second kappa shape index (κ2) is 7.96. The van der Waals surface area contributed by atoms with E-state index in [1.165, 1.54) is 32.1 Å². The fraction of sp³-hybridized carbons (Fsp3) is 0.478. The van der Waals surface area contributed by atoms with E-state index >= 15 is 0 Å². The lowest BCUT2D eigenvalue weighted by Gasteiger charge is -2.22. The van der Waals surface area contributed by atoms with Crippen LogP contribution in [0.5, 0.6) is 0 Å². The fourth-order valence-electron chi connectivity index (χ4n) is 4.13. The number of fused-ring (bicyclic) bond motifs is 1. The van der Waals surface area contributed by atoms with Gasteiger partial charge in [0.1, 0.15) is 5.65 Å². The SMILES string of the molecule is CC(C)(C)c1nn(-c2ccc(Cl)cc2)c2[nH]c(=O)c(CNC3CCCCC3)cc12. The van der Waals surface area contributed by atoms with Crippen LogP contribution in [0.1, 0.15) is 64.1 Å². The zero-order chi connectivity index (χ0) is 20.6. The number of aromatic amines is 1. The average molecular weight is 413 g/mol. The van der Waals surface area contributed by atoms with Crippen LogP contribution in [-0.2, 0) is 12.0 Å². The van der Waals surface area contributed by atoms with Crippen molar-refractivity contribution >= 4 is 22.6 Å². The minimum Gasteiger partial charge on any atom is -0.310 e. The predicted octanol–water partition coefficient (Wildman–Crippen LogP) is 5.09. The third kappa shape index (κ3) is 4.26. The Hall–Kier alpha value is -2.11. The zero-order valence-corrected chi connectivity index (χ0v) is 18.1. The minimum atomic E-state index is -0.151. The summed E-state index contributed by atoms with van der Waals surface area (Å²) in [6.07, 6.45) is 6.26. The first-order valence-electron chi connectivity index (χ1n) is 10.5. The van der Waals surface area contributed by atoms with Gasteiger partial charge in [-0.1, -0.05) is 51.6 Å². The molecule has 0 unspecified atom stereocenters. The van der Waals surface area contributed by atoms with Crippen LogP contribution in [0.25, 0.3) is 16.7 Å². The molecule has 2 heterocycles. The number of hydrogen-bond donors (Lipinski definition) is 2. The molecule has 2 aromatic heterocycles. The van der Waals surface area contributed by atoms with E-state index in [0.717, 1.165) is 28.0 Å². The van der Waals surface area contributed by atoms with E-state index < -0.39 is 0 Å². The number of nitrogens with one attached hydrogen (secondary N) is 2. The molecule has 29 heavy (non-hydrogen) atoms. The van der Waals surface area contributed by atoms with E-state index in [2.05, 4.69) is 31.1 Å². The van der Waals surface area contributed by atoms with Crippen LogP contribution < -0.4 is 10.9 Å². The Morgan fingerprint density at radius 2 is 1.86 bits per heavy atom. The Bertz CT molecular complexity index is 1050. The van der Waals surface area contributed by atoms with Gasteiger partial charge in [-0.25, -0.2) is 4.68 Å². The average Bonchev–Trinajstić information content (AvgIpc) is 3.06. The molecule has 0 spiro atoms. The van der Waals surface area contributed by atoms with Crippen LogP contribution in [0.3, 0.4) is 0 Å². The third-order valence-corrected chi connectivity index (χ3v) is 5.98. The summed E-state index contributed by atoms with van der Waals surface area (Å²) in [6, 6.07) is 10.0. The molecule has 1 aliphatic rings. The van der Waals surface area contributed by atoms with E-state index in [0.29, 0.717) is 17.6 Å². The van der Waals surface area contributed by atoms with Crippen molar-refractivity contribution in [1.29, 1.82) is 0 Å². The zero-order valence-electron chi connectivity index (χ0n) is 17.4. The Labute approximate surface area is 176 Å². The smallest absolute Gasteiger partial charge is 0.254 e. The van der Waals surface area contributed by atoms with E-state index in [1.807, 2.05) is 35.0 Å². The van der Waals surface area contributed by atoms with Crippen molar-refractivity contribution in [3.05, 3.63) is 57.0 Å². The van der Waals surface area contributed by atoms with Gasteiger partial charge in [0, 0.05) is 34.0 Å². The Morgan fingerprint density at radius 1 is 1.17 bits per heavy atom. The lowest BCUT2D eigenvalue weighted by molar-refractivity contribution is 0.372. The van der Waals surface area contributed by atoms with Crippen molar-refractivity contribution in [1.82, 2.24) is 20.1 Å². The number of halogens is 1. The van der Waals surface area contributed by atoms with Crippen molar-refractivity contribution in [2.24, 2.45) is 0 Å². The number of rotatable bonds is 4. The van der Waals surface area contributed by atoms with E-state index in [9.17, 15) is 4.79 Å². The second-order valence-electron chi connectivity index (χ2n) is 9.09. The molecule has 0 radical (unpaired) electrons. The van der Waals surface area contributed by atoms with Gasteiger partial charge in [-0.3, -0.25) is 4.79 Å². The van der Waals surface area contributed by atoms with Gasteiger partial charge < -0.3 is 10.3 Å². The molecule has 1 aliphatic carbocycles. The second-order valence-corrected chi connectivity index (χ2v) is 9.53. The number of nitrogens with zero attached hydrogens (tertiary/aromatic N) is 2. The van der Waals surface area contributed by atoms with Crippen molar-refractivity contribution in [3.63, 3.8) is 0 Å². The first-order chi connectivity index (χ1) is 13.8. The number of aromatic nitrogens is 3. The van der Waals surface area contributed by atoms with Gasteiger partial charge >= 0.3 is 0 Å². The summed E-state index contributed by atoms with van der Waals surface area (Å²) in [7, 11) is 0. The van der Waals surface area contributed by atoms with Crippen LogP contribution >= 0.6 is 11.6 Å². The standard InChI is InChI=1S/C23H29ClN4O/c1-23(2,3)20-19-13-15(14-25-17-7-5-4-6-8-17)22(29)26-21(19)28(27-20)18-11-9-16(24)10-12-18/h9-13,17,25H,4-8,14H2,1-3H3,(H,26,29). The van der Waals surface area contributed by atoms with Crippen molar-refractivity contribution in [2.75, 3.05) is 0 Å². The fourth-order valence-corrected chi connectivity index (χ4v) is 4.26. The highest BCUT2D eigenvalue weighted by Crippen LogP contribution is 2.30. The molecule has 0 amide bonds. The summed E-state index contributed by atoms with van der Waals surface area (Å²) in [5.74, 6) is 0.